The van der Waals surface area contributed by atoms with Gasteiger partial charge in [-0.1, -0.05) is 17.7 Å². The predicted octanol–water partition coefficient (Wildman–Crippen LogP) is 1.51. The molecule has 0 saturated heterocycles. The summed E-state index contributed by atoms with van der Waals surface area (Å²) < 4.78 is 1.82. The molecule has 0 saturated carbocycles. The summed E-state index contributed by atoms with van der Waals surface area (Å²) in [6.07, 6.45) is 1.49. The maximum Gasteiger partial charge on any atom is 0.313 e. The summed E-state index contributed by atoms with van der Waals surface area (Å²) in [5.74, 6) is -1.44. The first-order chi connectivity index (χ1) is 11.0. The second-order valence-corrected chi connectivity index (χ2v) is 5.42. The van der Waals surface area contributed by atoms with Gasteiger partial charge in [0.1, 0.15) is 0 Å². The second-order valence-electron chi connectivity index (χ2n) is 5.42. The van der Waals surface area contributed by atoms with E-state index in [1.807, 2.05) is 49.0 Å². The number of anilines is 1. The number of nitrogens with zero attached hydrogens (tertiary/aromatic N) is 1. The number of aliphatic hydroxyl groups is 1. The molecule has 0 aliphatic carbocycles. The molecule has 6 nitrogen and oxygen atoms in total. The van der Waals surface area contributed by atoms with Crippen molar-refractivity contribution in [2.24, 2.45) is 7.05 Å². The lowest BCUT2D eigenvalue weighted by Crippen LogP contribution is -2.36. The fourth-order valence-corrected chi connectivity index (χ4v) is 2.20. The fourth-order valence-electron chi connectivity index (χ4n) is 2.20. The van der Waals surface area contributed by atoms with Crippen molar-refractivity contribution in [3.8, 4) is 0 Å². The minimum atomic E-state index is -0.720. The van der Waals surface area contributed by atoms with E-state index in [2.05, 4.69) is 10.6 Å². The van der Waals surface area contributed by atoms with Gasteiger partial charge in [-0.05, 0) is 37.6 Å². The average Bonchev–Trinajstić information content (AvgIpc) is 2.95. The van der Waals surface area contributed by atoms with E-state index in [0.29, 0.717) is 12.1 Å². The third-order valence-electron chi connectivity index (χ3n) is 3.54. The quantitative estimate of drug-likeness (QED) is 0.731. The van der Waals surface area contributed by atoms with Crippen LogP contribution in [-0.4, -0.2) is 28.0 Å². The lowest BCUT2D eigenvalue weighted by atomic mass is 10.2. The molecule has 0 aliphatic heterocycles. The molecule has 2 rings (SSSR count). The van der Waals surface area contributed by atoms with Gasteiger partial charge in [0.15, 0.2) is 0 Å². The van der Waals surface area contributed by atoms with Gasteiger partial charge in [0.05, 0.1) is 6.10 Å². The molecule has 0 spiro atoms. The summed E-state index contributed by atoms with van der Waals surface area (Å²) in [6, 6.07) is 10.8. The maximum atomic E-state index is 11.8. The molecule has 1 heterocycles. The van der Waals surface area contributed by atoms with Crippen molar-refractivity contribution in [3.63, 3.8) is 0 Å². The van der Waals surface area contributed by atoms with Gasteiger partial charge < -0.3 is 20.3 Å². The van der Waals surface area contributed by atoms with Gasteiger partial charge in [0.2, 0.25) is 0 Å². The highest BCUT2D eigenvalue weighted by molar-refractivity contribution is 6.39. The highest BCUT2D eigenvalue weighted by atomic mass is 16.3. The molecule has 1 aromatic carbocycles. The van der Waals surface area contributed by atoms with Crippen LogP contribution in [-0.2, 0) is 16.6 Å². The fraction of sp³-hybridized carbons (Fsp3) is 0.294. The number of rotatable bonds is 5. The van der Waals surface area contributed by atoms with Crippen LogP contribution in [0.25, 0.3) is 0 Å². The number of carbonyl (C=O) groups is 2. The number of hydrogen-bond acceptors (Lipinski definition) is 3. The molecule has 3 N–H and O–H groups in total. The van der Waals surface area contributed by atoms with E-state index in [0.717, 1.165) is 11.3 Å². The van der Waals surface area contributed by atoms with Gasteiger partial charge in [-0.15, -0.1) is 0 Å². The highest BCUT2D eigenvalue weighted by Crippen LogP contribution is 2.15. The Balaban J connectivity index is 1.77. The topological polar surface area (TPSA) is 83.4 Å². The Morgan fingerprint density at radius 2 is 1.87 bits per heavy atom. The Bertz CT molecular complexity index is 677. The van der Waals surface area contributed by atoms with Crippen LogP contribution in [0.4, 0.5) is 5.69 Å². The van der Waals surface area contributed by atoms with Gasteiger partial charge in [0, 0.05) is 31.2 Å². The summed E-state index contributed by atoms with van der Waals surface area (Å²) in [5.41, 5.74) is 2.41. The summed E-state index contributed by atoms with van der Waals surface area (Å²) in [7, 11) is 1.84. The molecule has 122 valence electrons. The molecule has 23 heavy (non-hydrogen) atoms. The van der Waals surface area contributed by atoms with E-state index in [4.69, 9.17) is 0 Å². The molecular formula is C17H21N3O3. The first-order valence-electron chi connectivity index (χ1n) is 7.42. The molecule has 1 aromatic heterocycles. The van der Waals surface area contributed by atoms with Crippen LogP contribution in [0, 0.1) is 6.92 Å². The maximum absolute atomic E-state index is 11.8. The van der Waals surface area contributed by atoms with Crippen LogP contribution >= 0.6 is 0 Å². The van der Waals surface area contributed by atoms with E-state index in [1.54, 1.807) is 12.1 Å². The molecule has 0 aliphatic rings. The third-order valence-corrected chi connectivity index (χ3v) is 3.54. The minimum absolute atomic E-state index is 0.215. The standard InChI is InChI=1S/C17H21N3O3/c1-12-5-7-13(8-6-12)19-17(23)16(22)18-10-9-15(21)14-4-3-11-20(14)2/h3-8,11,15,21H,9-10H2,1-2H3,(H,18,22)(H,19,23). The number of carbonyl (C=O) groups excluding carboxylic acids is 2. The van der Waals surface area contributed by atoms with Gasteiger partial charge >= 0.3 is 11.8 Å². The van der Waals surface area contributed by atoms with Crippen molar-refractivity contribution in [3.05, 3.63) is 53.9 Å². The van der Waals surface area contributed by atoms with Crippen LogP contribution < -0.4 is 10.6 Å². The number of aryl methyl sites for hydroxylation is 2. The molecular weight excluding hydrogens is 294 g/mol. The number of hydrogen-bond donors (Lipinski definition) is 3. The van der Waals surface area contributed by atoms with Crippen LogP contribution in [0.3, 0.4) is 0 Å². The van der Waals surface area contributed by atoms with Crippen molar-refractivity contribution in [1.82, 2.24) is 9.88 Å². The van der Waals surface area contributed by atoms with Gasteiger partial charge in [0.25, 0.3) is 0 Å². The van der Waals surface area contributed by atoms with Crippen LogP contribution in [0.2, 0.25) is 0 Å². The largest absolute Gasteiger partial charge is 0.387 e. The number of aromatic nitrogens is 1. The Labute approximate surface area is 135 Å². The van der Waals surface area contributed by atoms with Crippen molar-refractivity contribution in [1.29, 1.82) is 0 Å². The number of amides is 2. The molecule has 6 heteroatoms. The highest BCUT2D eigenvalue weighted by Gasteiger charge is 2.15. The first-order valence-corrected chi connectivity index (χ1v) is 7.42. The van der Waals surface area contributed by atoms with E-state index < -0.39 is 17.9 Å². The van der Waals surface area contributed by atoms with Gasteiger partial charge in [-0.25, -0.2) is 0 Å². The van der Waals surface area contributed by atoms with Crippen LogP contribution in [0.5, 0.6) is 0 Å². The van der Waals surface area contributed by atoms with Crippen molar-refractivity contribution in [2.45, 2.75) is 19.4 Å². The second kappa shape index (κ2) is 7.60. The van der Waals surface area contributed by atoms with Gasteiger partial charge in [-0.3, -0.25) is 9.59 Å². The zero-order valence-electron chi connectivity index (χ0n) is 13.2. The van der Waals surface area contributed by atoms with E-state index in [1.165, 1.54) is 0 Å². The summed E-state index contributed by atoms with van der Waals surface area (Å²) in [5, 5.41) is 15.1. The molecule has 0 bridgehead atoms. The van der Waals surface area contributed by atoms with E-state index in [-0.39, 0.29) is 6.54 Å². The summed E-state index contributed by atoms with van der Waals surface area (Å²) >= 11 is 0. The molecule has 0 radical (unpaired) electrons. The smallest absolute Gasteiger partial charge is 0.313 e. The third kappa shape index (κ3) is 4.69. The van der Waals surface area contributed by atoms with Crippen LogP contribution in [0.1, 0.15) is 23.8 Å². The van der Waals surface area contributed by atoms with Crippen LogP contribution in [0.15, 0.2) is 42.6 Å². The number of aliphatic hydroxyl groups excluding tert-OH is 1. The Hall–Kier alpha value is -2.60. The average molecular weight is 315 g/mol. The molecule has 2 amide bonds. The van der Waals surface area contributed by atoms with E-state index >= 15 is 0 Å². The van der Waals surface area contributed by atoms with Gasteiger partial charge in [-0.2, -0.15) is 0 Å². The summed E-state index contributed by atoms with van der Waals surface area (Å²) in [4.78, 5) is 23.5. The van der Waals surface area contributed by atoms with Crippen molar-refractivity contribution in [2.75, 3.05) is 11.9 Å². The SMILES string of the molecule is Cc1ccc(NC(=O)C(=O)NCCC(O)c2cccn2C)cc1. The first kappa shape index (κ1) is 16.8. The minimum Gasteiger partial charge on any atom is -0.387 e. The lowest BCUT2D eigenvalue weighted by molar-refractivity contribution is -0.136. The summed E-state index contributed by atoms with van der Waals surface area (Å²) in [6.45, 7) is 2.16. The number of benzene rings is 1. The Kier molecular flexibility index (Phi) is 5.54. The molecule has 1 atom stereocenters. The van der Waals surface area contributed by atoms with E-state index in [9.17, 15) is 14.7 Å². The molecule has 1 unspecified atom stereocenters. The monoisotopic (exact) mass is 315 g/mol. The van der Waals surface area contributed by atoms with Crippen molar-refractivity contribution >= 4 is 17.5 Å². The normalized spacial score (nSPS) is 11.8. The number of nitrogens with one attached hydrogen (secondary N) is 2. The zero-order valence-corrected chi connectivity index (χ0v) is 13.2. The lowest BCUT2D eigenvalue weighted by Gasteiger charge is -2.12. The zero-order chi connectivity index (χ0) is 16.8. The Morgan fingerprint density at radius 1 is 1.17 bits per heavy atom. The Morgan fingerprint density at radius 3 is 2.48 bits per heavy atom. The van der Waals surface area contributed by atoms with Crippen molar-refractivity contribution < 1.29 is 14.7 Å². The molecule has 0 fully saturated rings. The predicted molar refractivity (Wildman–Crippen MR) is 87.8 cm³/mol. The molecule has 2 aromatic rings.